The normalized spacial score (nSPS) is 11.0. The summed E-state index contributed by atoms with van der Waals surface area (Å²) in [6.45, 7) is 5.23. The molecule has 1 aromatic carbocycles. The minimum Gasteiger partial charge on any atom is -0.382 e. The van der Waals surface area contributed by atoms with Gasteiger partial charge < -0.3 is 19.4 Å². The molecule has 0 aliphatic rings. The van der Waals surface area contributed by atoms with Crippen LogP contribution >= 0.6 is 0 Å². The first-order valence-corrected chi connectivity index (χ1v) is 20.3. The van der Waals surface area contributed by atoms with Crippen LogP contribution in [-0.2, 0) is 19.6 Å². The number of nitrogens with two attached hydrogens (primary N) is 1. The Kier molecular flexibility index (Phi) is 16.3. The maximum absolute atomic E-state index is 11.9. The number of nitrogens with zero attached hydrogens (tertiary/aromatic N) is 6. The summed E-state index contributed by atoms with van der Waals surface area (Å²) in [5.74, 6) is 13.9. The predicted molar refractivity (Wildman–Crippen MR) is 225 cm³/mol. The number of imidazole rings is 1. The number of hydrogen-bond acceptors (Lipinski definition) is 8. The fourth-order valence-corrected chi connectivity index (χ4v) is 6.80. The van der Waals surface area contributed by atoms with Crippen LogP contribution in [-0.4, -0.2) is 38.6 Å². The van der Waals surface area contributed by atoms with E-state index in [1.54, 1.807) is 41.7 Å². The van der Waals surface area contributed by atoms with Gasteiger partial charge in [0.25, 0.3) is 11.1 Å². The molecule has 0 bridgehead atoms. The Labute approximate surface area is 333 Å². The first kappa shape index (κ1) is 42.2. The van der Waals surface area contributed by atoms with Gasteiger partial charge in [0.1, 0.15) is 11.8 Å². The lowest BCUT2D eigenvalue weighted by Crippen LogP contribution is -2.30. The monoisotopic (exact) mass is 773 g/mol. The van der Waals surface area contributed by atoms with Crippen LogP contribution in [0.1, 0.15) is 131 Å². The summed E-state index contributed by atoms with van der Waals surface area (Å²) in [4.78, 5) is 64.6. The van der Waals surface area contributed by atoms with Crippen LogP contribution in [0.15, 0.2) is 62.4 Å². The van der Waals surface area contributed by atoms with Gasteiger partial charge in [0.05, 0.1) is 12.9 Å². The van der Waals surface area contributed by atoms with Crippen molar-refractivity contribution in [2.24, 2.45) is 0 Å². The fourth-order valence-electron chi connectivity index (χ4n) is 6.80. The highest BCUT2D eigenvalue weighted by molar-refractivity contribution is 5.81. The zero-order valence-corrected chi connectivity index (χ0v) is 33.4. The van der Waals surface area contributed by atoms with Gasteiger partial charge >= 0.3 is 11.4 Å². The van der Waals surface area contributed by atoms with E-state index in [0.717, 1.165) is 119 Å². The van der Waals surface area contributed by atoms with Crippen LogP contribution in [0.3, 0.4) is 0 Å². The van der Waals surface area contributed by atoms with Gasteiger partial charge in [-0.05, 0) is 63.3 Å². The Morgan fingerprint density at radius 3 is 1.58 bits per heavy atom. The number of aromatic amines is 2. The average molecular weight is 774 g/mol. The molecule has 13 heteroatoms. The summed E-state index contributed by atoms with van der Waals surface area (Å²) in [6.07, 6.45) is 23.3. The molecule has 0 saturated carbocycles. The second kappa shape index (κ2) is 22.0. The Morgan fingerprint density at radius 2 is 1.07 bits per heavy atom. The van der Waals surface area contributed by atoms with E-state index in [1.807, 2.05) is 4.57 Å². The van der Waals surface area contributed by atoms with Crippen molar-refractivity contribution < 1.29 is 0 Å². The largest absolute Gasteiger partial charge is 0.382 e. The highest BCUT2D eigenvalue weighted by atomic mass is 16.2. The van der Waals surface area contributed by atoms with Crippen molar-refractivity contribution in [3.63, 3.8) is 0 Å². The van der Waals surface area contributed by atoms with E-state index >= 15 is 0 Å². The zero-order valence-electron chi connectivity index (χ0n) is 33.4. The number of anilines is 1. The summed E-state index contributed by atoms with van der Waals surface area (Å²) in [6, 6.07) is 6.29. The Bertz CT molecular complexity index is 2340. The molecule has 0 atom stereocenters. The topological polar surface area (TPSA) is 179 Å². The maximum atomic E-state index is 11.9. The van der Waals surface area contributed by atoms with Crippen molar-refractivity contribution in [2.75, 3.05) is 5.73 Å². The number of H-pyrrole nitrogens is 2. The lowest BCUT2D eigenvalue weighted by atomic mass is 10.0. The van der Waals surface area contributed by atoms with Gasteiger partial charge in [-0.1, -0.05) is 87.9 Å². The number of rotatable bonds is 20. The number of fused-ring (bicyclic) bond motifs is 1. The third kappa shape index (κ3) is 13.3. The molecule has 13 nitrogen and oxygen atoms in total. The van der Waals surface area contributed by atoms with E-state index in [0.29, 0.717) is 47.7 Å². The maximum Gasteiger partial charge on any atom is 0.328 e. The SMILES string of the molecule is Cc1cn(CCCCCCCCCC#Cc2cc(C#CCCCCCCCCCn3cc(C)c(=O)[nH]c3=O)cc(Cn3cnc4c(N)ncnc43)c2)c(=O)[nH]c1=O. The standard InChI is InChI=1S/C44H55N9O4/c1-33-28-51(43(56)49-41(33)54)23-19-15-11-7-3-5-9-13-17-21-35-25-36(27-37(26-35)30-53-32-48-38-39(45)46-31-47-40(38)53)22-18-14-10-6-4-8-12-16-20-24-52-29-34(2)42(55)50-44(52)57/h25-29,31-32H,3-16,19-20,23-24,30H2,1-2H3,(H2,45,46,47)(H,49,54,56)(H,50,55,57). The minimum atomic E-state index is -0.338. The van der Waals surface area contributed by atoms with Crippen LogP contribution in [0.5, 0.6) is 0 Å². The van der Waals surface area contributed by atoms with E-state index in [4.69, 9.17) is 5.73 Å². The first-order valence-electron chi connectivity index (χ1n) is 20.3. The molecule has 4 heterocycles. The van der Waals surface area contributed by atoms with E-state index in [-0.39, 0.29) is 22.5 Å². The fraction of sp³-hybridized carbons (Fsp3) is 0.477. The highest BCUT2D eigenvalue weighted by Crippen LogP contribution is 2.18. The quantitative estimate of drug-likeness (QED) is 0.0626. The van der Waals surface area contributed by atoms with Crippen molar-refractivity contribution in [2.45, 2.75) is 136 Å². The average Bonchev–Trinajstić information content (AvgIpc) is 3.60. The number of hydrogen-bond donors (Lipinski definition) is 3. The molecule has 0 aliphatic carbocycles. The second-order valence-corrected chi connectivity index (χ2v) is 14.8. The number of nitrogen functional groups attached to an aromatic ring is 1. The summed E-state index contributed by atoms with van der Waals surface area (Å²) in [5, 5.41) is 0. The number of aromatic nitrogens is 8. The molecule has 5 rings (SSSR count). The molecule has 0 spiro atoms. The summed E-state index contributed by atoms with van der Waals surface area (Å²) < 4.78 is 5.14. The second-order valence-electron chi connectivity index (χ2n) is 14.8. The summed E-state index contributed by atoms with van der Waals surface area (Å²) in [7, 11) is 0. The number of benzene rings is 1. The molecule has 0 fully saturated rings. The van der Waals surface area contributed by atoms with E-state index in [1.165, 1.54) is 6.33 Å². The number of unbranched alkanes of at least 4 members (excludes halogenated alkanes) is 14. The van der Waals surface area contributed by atoms with Crippen molar-refractivity contribution in [3.05, 3.63) is 113 Å². The predicted octanol–water partition coefficient (Wildman–Crippen LogP) is 6.12. The van der Waals surface area contributed by atoms with Gasteiger partial charge in [0.15, 0.2) is 11.5 Å². The van der Waals surface area contributed by atoms with Crippen LogP contribution in [0.4, 0.5) is 5.82 Å². The van der Waals surface area contributed by atoms with Gasteiger partial charge in [-0.25, -0.2) is 24.5 Å². The molecule has 0 aliphatic heterocycles. The first-order chi connectivity index (χ1) is 27.7. The van der Waals surface area contributed by atoms with E-state index in [9.17, 15) is 19.2 Å². The van der Waals surface area contributed by atoms with E-state index < -0.39 is 0 Å². The highest BCUT2D eigenvalue weighted by Gasteiger charge is 2.09. The molecule has 0 saturated heterocycles. The molecule has 5 aromatic rings. The summed E-state index contributed by atoms with van der Waals surface area (Å²) in [5.41, 5.74) is 10.0. The molecule has 4 aromatic heterocycles. The lowest BCUT2D eigenvalue weighted by molar-refractivity contribution is 0.533. The van der Waals surface area contributed by atoms with Crippen molar-refractivity contribution in [1.29, 1.82) is 0 Å². The van der Waals surface area contributed by atoms with E-state index in [2.05, 4.69) is 66.8 Å². The van der Waals surface area contributed by atoms with Crippen molar-refractivity contribution in [1.82, 2.24) is 38.6 Å². The zero-order chi connectivity index (χ0) is 40.4. The Morgan fingerprint density at radius 1 is 0.596 bits per heavy atom. The van der Waals surface area contributed by atoms with Gasteiger partial charge in [0.2, 0.25) is 0 Å². The molecule has 4 N–H and O–H groups in total. The lowest BCUT2D eigenvalue weighted by Gasteiger charge is -2.06. The summed E-state index contributed by atoms with van der Waals surface area (Å²) >= 11 is 0. The molecular formula is C44H55N9O4. The molecular weight excluding hydrogens is 719 g/mol. The van der Waals surface area contributed by atoms with Gasteiger partial charge in [-0.2, -0.15) is 0 Å². The number of nitrogens with one attached hydrogen (secondary N) is 2. The molecule has 300 valence electrons. The van der Waals surface area contributed by atoms with Gasteiger partial charge in [-0.3, -0.25) is 19.6 Å². The Hall–Kier alpha value is -5.95. The third-order valence-corrected chi connectivity index (χ3v) is 10.0. The number of aryl methyl sites for hydroxylation is 4. The molecule has 0 radical (unpaired) electrons. The smallest absolute Gasteiger partial charge is 0.328 e. The molecule has 0 amide bonds. The van der Waals surface area contributed by atoms with Crippen LogP contribution in [0.25, 0.3) is 11.2 Å². The van der Waals surface area contributed by atoms with Gasteiger partial charge in [-0.15, -0.1) is 0 Å². The molecule has 0 unspecified atom stereocenters. The third-order valence-electron chi connectivity index (χ3n) is 10.0. The van der Waals surface area contributed by atoms with Crippen molar-refractivity contribution in [3.8, 4) is 23.7 Å². The minimum absolute atomic E-state index is 0.317. The molecule has 57 heavy (non-hydrogen) atoms. The van der Waals surface area contributed by atoms with Crippen LogP contribution in [0, 0.1) is 37.5 Å². The van der Waals surface area contributed by atoms with Gasteiger partial charge in [0, 0.05) is 60.6 Å². The van der Waals surface area contributed by atoms with Crippen molar-refractivity contribution >= 4 is 17.0 Å². The van der Waals surface area contributed by atoms with Crippen LogP contribution < -0.4 is 28.2 Å². The van der Waals surface area contributed by atoms with Crippen LogP contribution in [0.2, 0.25) is 0 Å². The Balaban J connectivity index is 1.05.